The lowest BCUT2D eigenvalue weighted by molar-refractivity contribution is -0.120. The van der Waals surface area contributed by atoms with Crippen molar-refractivity contribution in [3.8, 4) is 0 Å². The molecule has 0 spiro atoms. The van der Waals surface area contributed by atoms with E-state index in [0.717, 1.165) is 45.7 Å². The van der Waals surface area contributed by atoms with E-state index >= 15 is 0 Å². The van der Waals surface area contributed by atoms with E-state index in [9.17, 15) is 4.79 Å². The van der Waals surface area contributed by atoms with E-state index < -0.39 is 0 Å². The number of hydrogen-bond acceptors (Lipinski definition) is 3. The van der Waals surface area contributed by atoms with Crippen molar-refractivity contribution < 1.29 is 9.53 Å². The lowest BCUT2D eigenvalue weighted by Crippen LogP contribution is -2.29. The molecular formula is C11H24N2O2. The Balaban J connectivity index is 3.06. The molecule has 0 heterocycles. The number of nitrogens with one attached hydrogen (secondary N) is 2. The summed E-state index contributed by atoms with van der Waals surface area (Å²) in [6.45, 7) is 8.00. The van der Waals surface area contributed by atoms with E-state index in [1.54, 1.807) is 0 Å². The van der Waals surface area contributed by atoms with E-state index in [-0.39, 0.29) is 5.91 Å². The third-order valence-electron chi connectivity index (χ3n) is 1.87. The Morgan fingerprint density at radius 1 is 1.07 bits per heavy atom. The summed E-state index contributed by atoms with van der Waals surface area (Å²) in [5.41, 5.74) is 0. The monoisotopic (exact) mass is 216 g/mol. The third kappa shape index (κ3) is 11.3. The maximum atomic E-state index is 11.2. The summed E-state index contributed by atoms with van der Waals surface area (Å²) in [6, 6.07) is 0. The molecule has 0 aromatic heterocycles. The van der Waals surface area contributed by atoms with Crippen LogP contribution in [0.2, 0.25) is 0 Å². The van der Waals surface area contributed by atoms with Crippen molar-refractivity contribution in [2.24, 2.45) is 0 Å². The molecule has 0 unspecified atom stereocenters. The van der Waals surface area contributed by atoms with Crippen molar-refractivity contribution in [1.82, 2.24) is 10.6 Å². The van der Waals surface area contributed by atoms with Crippen molar-refractivity contribution in [3.63, 3.8) is 0 Å². The van der Waals surface area contributed by atoms with Gasteiger partial charge in [0.25, 0.3) is 0 Å². The molecule has 0 aliphatic heterocycles. The second kappa shape index (κ2) is 11.5. The summed E-state index contributed by atoms with van der Waals surface area (Å²) in [7, 11) is 0. The molecule has 0 rings (SSSR count). The largest absolute Gasteiger partial charge is 0.380 e. The second-order valence-corrected chi connectivity index (χ2v) is 3.46. The van der Waals surface area contributed by atoms with Gasteiger partial charge in [0.1, 0.15) is 0 Å². The molecule has 0 aromatic carbocycles. The Morgan fingerprint density at radius 2 is 1.87 bits per heavy atom. The predicted octanol–water partition coefficient (Wildman–Crippen LogP) is 0.919. The van der Waals surface area contributed by atoms with Crippen molar-refractivity contribution in [2.75, 3.05) is 32.8 Å². The minimum absolute atomic E-state index is 0.124. The van der Waals surface area contributed by atoms with Crippen LogP contribution in [-0.2, 0) is 9.53 Å². The average Bonchev–Trinajstić information content (AvgIpc) is 2.25. The molecule has 4 heteroatoms. The van der Waals surface area contributed by atoms with Crippen molar-refractivity contribution >= 4 is 5.91 Å². The summed E-state index contributed by atoms with van der Waals surface area (Å²) in [4.78, 5) is 11.2. The molecule has 15 heavy (non-hydrogen) atoms. The normalized spacial score (nSPS) is 10.3. The smallest absolute Gasteiger partial charge is 0.221 e. The van der Waals surface area contributed by atoms with E-state index in [2.05, 4.69) is 17.6 Å². The Morgan fingerprint density at radius 3 is 2.53 bits per heavy atom. The number of hydrogen-bond donors (Lipinski definition) is 2. The van der Waals surface area contributed by atoms with Crippen LogP contribution in [0.3, 0.4) is 0 Å². The molecule has 0 saturated carbocycles. The van der Waals surface area contributed by atoms with Crippen LogP contribution < -0.4 is 10.6 Å². The minimum Gasteiger partial charge on any atom is -0.380 e. The highest BCUT2D eigenvalue weighted by molar-refractivity contribution is 5.75. The number of amides is 1. The number of rotatable bonds is 10. The first-order valence-electron chi connectivity index (χ1n) is 5.86. The van der Waals surface area contributed by atoms with Crippen molar-refractivity contribution in [3.05, 3.63) is 0 Å². The van der Waals surface area contributed by atoms with E-state index in [1.165, 1.54) is 0 Å². The third-order valence-corrected chi connectivity index (χ3v) is 1.87. The maximum Gasteiger partial charge on any atom is 0.221 e. The van der Waals surface area contributed by atoms with Crippen LogP contribution in [0.15, 0.2) is 0 Å². The fourth-order valence-electron chi connectivity index (χ4n) is 1.07. The van der Waals surface area contributed by atoms with Crippen LogP contribution >= 0.6 is 0 Å². The fourth-order valence-corrected chi connectivity index (χ4v) is 1.07. The summed E-state index contributed by atoms with van der Waals surface area (Å²) < 4.78 is 5.29. The molecule has 2 N–H and O–H groups in total. The molecule has 4 nitrogen and oxygen atoms in total. The van der Waals surface area contributed by atoms with Crippen molar-refractivity contribution in [2.45, 2.75) is 33.1 Å². The molecule has 0 saturated heterocycles. The molecule has 0 aliphatic rings. The fraction of sp³-hybridized carbons (Fsp3) is 0.909. The van der Waals surface area contributed by atoms with Gasteiger partial charge in [0, 0.05) is 32.7 Å². The topological polar surface area (TPSA) is 50.4 Å². The van der Waals surface area contributed by atoms with Crippen LogP contribution in [0.4, 0.5) is 0 Å². The highest BCUT2D eigenvalue weighted by Gasteiger charge is 1.98. The zero-order chi connectivity index (χ0) is 11.4. The summed E-state index contributed by atoms with van der Waals surface area (Å²) >= 11 is 0. The molecule has 1 amide bonds. The molecule has 0 radical (unpaired) electrons. The first-order valence-corrected chi connectivity index (χ1v) is 5.86. The lowest BCUT2D eigenvalue weighted by Gasteiger charge is -2.05. The molecule has 0 aromatic rings. The zero-order valence-corrected chi connectivity index (χ0v) is 9.97. The summed E-state index contributed by atoms with van der Waals surface area (Å²) in [5.74, 6) is 0.124. The summed E-state index contributed by atoms with van der Waals surface area (Å²) in [6.07, 6.45) is 2.59. The van der Waals surface area contributed by atoms with Gasteiger partial charge in [-0.25, -0.2) is 0 Å². The van der Waals surface area contributed by atoms with Gasteiger partial charge >= 0.3 is 0 Å². The van der Waals surface area contributed by atoms with Gasteiger partial charge in [0.05, 0.1) is 6.61 Å². The predicted molar refractivity (Wildman–Crippen MR) is 61.9 cm³/mol. The van der Waals surface area contributed by atoms with Crippen LogP contribution in [0.5, 0.6) is 0 Å². The van der Waals surface area contributed by atoms with Gasteiger partial charge in [0.2, 0.25) is 5.91 Å². The average molecular weight is 216 g/mol. The van der Waals surface area contributed by atoms with Gasteiger partial charge in [-0.05, 0) is 12.8 Å². The van der Waals surface area contributed by atoms with E-state index in [1.807, 2.05) is 6.92 Å². The molecule has 90 valence electrons. The van der Waals surface area contributed by atoms with E-state index in [4.69, 9.17) is 4.74 Å². The minimum atomic E-state index is 0.124. The van der Waals surface area contributed by atoms with Crippen LogP contribution in [0, 0.1) is 0 Å². The SMILES string of the molecule is CCCNC(=O)CCNCCOCCC. The van der Waals surface area contributed by atoms with Gasteiger partial charge in [-0.3, -0.25) is 4.79 Å². The standard InChI is InChI=1S/C11H24N2O2/c1-3-6-13-11(14)5-7-12-8-10-15-9-4-2/h12H,3-10H2,1-2H3,(H,13,14). The maximum absolute atomic E-state index is 11.2. The lowest BCUT2D eigenvalue weighted by atomic mass is 10.3. The molecule has 0 bridgehead atoms. The highest BCUT2D eigenvalue weighted by Crippen LogP contribution is 1.81. The first-order chi connectivity index (χ1) is 7.31. The Bertz CT molecular complexity index is 152. The molecule has 0 fully saturated rings. The molecule has 0 atom stereocenters. The zero-order valence-electron chi connectivity index (χ0n) is 9.97. The first kappa shape index (κ1) is 14.4. The van der Waals surface area contributed by atoms with E-state index in [0.29, 0.717) is 6.42 Å². The Kier molecular flexibility index (Phi) is 11.0. The quantitative estimate of drug-likeness (QED) is 0.534. The van der Waals surface area contributed by atoms with Crippen LogP contribution in [0.1, 0.15) is 33.1 Å². The Labute approximate surface area is 92.8 Å². The summed E-state index contributed by atoms with van der Waals surface area (Å²) in [5, 5.41) is 6.00. The number of carbonyl (C=O) groups is 1. The van der Waals surface area contributed by atoms with Crippen LogP contribution in [0.25, 0.3) is 0 Å². The van der Waals surface area contributed by atoms with Gasteiger partial charge in [0.15, 0.2) is 0 Å². The molecular weight excluding hydrogens is 192 g/mol. The second-order valence-electron chi connectivity index (χ2n) is 3.46. The van der Waals surface area contributed by atoms with Gasteiger partial charge in [-0.15, -0.1) is 0 Å². The van der Waals surface area contributed by atoms with Gasteiger partial charge in [-0.2, -0.15) is 0 Å². The molecule has 0 aliphatic carbocycles. The van der Waals surface area contributed by atoms with Crippen LogP contribution in [-0.4, -0.2) is 38.8 Å². The number of ether oxygens (including phenoxy) is 1. The van der Waals surface area contributed by atoms with Gasteiger partial charge < -0.3 is 15.4 Å². The number of carbonyl (C=O) groups excluding carboxylic acids is 1. The van der Waals surface area contributed by atoms with Crippen molar-refractivity contribution in [1.29, 1.82) is 0 Å². The Hall–Kier alpha value is -0.610. The van der Waals surface area contributed by atoms with Gasteiger partial charge in [-0.1, -0.05) is 13.8 Å². The highest BCUT2D eigenvalue weighted by atomic mass is 16.5.